The summed E-state index contributed by atoms with van der Waals surface area (Å²) in [6.45, 7) is 6.10. The van der Waals surface area contributed by atoms with E-state index in [2.05, 4.69) is 12.2 Å². The van der Waals surface area contributed by atoms with Gasteiger partial charge in [-0.1, -0.05) is 6.07 Å². The molecule has 1 unspecified atom stereocenters. The van der Waals surface area contributed by atoms with Crippen molar-refractivity contribution in [1.29, 1.82) is 0 Å². The van der Waals surface area contributed by atoms with Crippen molar-refractivity contribution >= 4 is 27.3 Å². The van der Waals surface area contributed by atoms with Crippen LogP contribution in [0.15, 0.2) is 21.7 Å². The zero-order valence-corrected chi connectivity index (χ0v) is 16.4. The molecule has 1 amide bonds. The average Bonchev–Trinajstić information content (AvgIpc) is 3.31. The normalized spacial score (nSPS) is 26.0. The molecular weight excluding hydrogens is 358 g/mol. The molecule has 0 aromatic carbocycles. The molecule has 1 aromatic rings. The van der Waals surface area contributed by atoms with Crippen LogP contribution in [0.4, 0.5) is 0 Å². The lowest BCUT2D eigenvalue weighted by molar-refractivity contribution is -0.909. The number of sulfonamides is 1. The van der Waals surface area contributed by atoms with Crippen molar-refractivity contribution in [1.82, 2.24) is 9.62 Å². The Kier molecular flexibility index (Phi) is 6.14. The Morgan fingerprint density at radius 1 is 1.36 bits per heavy atom. The first kappa shape index (κ1) is 18.8. The number of likely N-dealkylation sites (tertiary alicyclic amines) is 1. The van der Waals surface area contributed by atoms with Gasteiger partial charge in [0.05, 0.1) is 19.6 Å². The summed E-state index contributed by atoms with van der Waals surface area (Å²) in [6, 6.07) is 3.93. The summed E-state index contributed by atoms with van der Waals surface area (Å²) in [6.07, 6.45) is 3.63. The molecule has 140 valence electrons. The maximum absolute atomic E-state index is 12.5. The number of nitrogens with one attached hydrogen (secondary N) is 2. The van der Waals surface area contributed by atoms with Gasteiger partial charge in [0.2, 0.25) is 5.91 Å². The molecule has 0 radical (unpaired) electrons. The van der Waals surface area contributed by atoms with Crippen LogP contribution in [0.5, 0.6) is 0 Å². The van der Waals surface area contributed by atoms with Crippen LogP contribution in [-0.2, 0) is 14.8 Å². The van der Waals surface area contributed by atoms with E-state index >= 15 is 0 Å². The lowest BCUT2D eigenvalue weighted by atomic mass is 9.97. The minimum atomic E-state index is -3.39. The van der Waals surface area contributed by atoms with Gasteiger partial charge in [-0.05, 0) is 31.2 Å². The first-order valence-electron chi connectivity index (χ1n) is 9.18. The molecule has 6 nitrogen and oxygen atoms in total. The van der Waals surface area contributed by atoms with E-state index < -0.39 is 10.0 Å². The molecule has 3 heterocycles. The number of amides is 1. The molecule has 0 bridgehead atoms. The van der Waals surface area contributed by atoms with Crippen LogP contribution in [0.2, 0.25) is 0 Å². The highest BCUT2D eigenvalue weighted by Gasteiger charge is 2.33. The first-order chi connectivity index (χ1) is 12.0. The summed E-state index contributed by atoms with van der Waals surface area (Å²) in [4.78, 5) is 14.0. The van der Waals surface area contributed by atoms with Crippen molar-refractivity contribution in [3.8, 4) is 0 Å². The van der Waals surface area contributed by atoms with E-state index in [0.29, 0.717) is 36.2 Å². The van der Waals surface area contributed by atoms with Crippen molar-refractivity contribution in [3.63, 3.8) is 0 Å². The number of hydrogen-bond donors (Lipinski definition) is 2. The second kappa shape index (κ2) is 8.16. The molecule has 2 aliphatic heterocycles. The number of hydrogen-bond acceptors (Lipinski definition) is 4. The number of carbonyl (C=O) groups is 1. The van der Waals surface area contributed by atoms with Crippen molar-refractivity contribution in [2.24, 2.45) is 5.92 Å². The van der Waals surface area contributed by atoms with Gasteiger partial charge in [0.25, 0.3) is 10.0 Å². The number of quaternary nitrogens is 1. The maximum atomic E-state index is 12.5. The first-order valence-corrected chi connectivity index (χ1v) is 11.5. The smallest absolute Gasteiger partial charge is 0.252 e. The summed E-state index contributed by atoms with van der Waals surface area (Å²) < 4.78 is 27.0. The molecule has 2 atom stereocenters. The quantitative estimate of drug-likeness (QED) is 0.740. The van der Waals surface area contributed by atoms with E-state index in [-0.39, 0.29) is 11.8 Å². The van der Waals surface area contributed by atoms with Gasteiger partial charge in [-0.15, -0.1) is 11.3 Å². The summed E-state index contributed by atoms with van der Waals surface area (Å²) in [5, 5.41) is 4.89. The van der Waals surface area contributed by atoms with Gasteiger partial charge >= 0.3 is 0 Å². The number of rotatable bonds is 6. The van der Waals surface area contributed by atoms with E-state index in [1.807, 2.05) is 0 Å². The Balaban J connectivity index is 1.48. The van der Waals surface area contributed by atoms with E-state index in [9.17, 15) is 13.2 Å². The van der Waals surface area contributed by atoms with Crippen LogP contribution in [-0.4, -0.2) is 57.4 Å². The second-order valence-corrected chi connectivity index (χ2v) is 10.1. The van der Waals surface area contributed by atoms with E-state index in [1.54, 1.807) is 22.4 Å². The molecule has 0 aliphatic carbocycles. The Bertz CT molecular complexity index is 667. The molecule has 1 aromatic heterocycles. The highest BCUT2D eigenvalue weighted by atomic mass is 32.2. The van der Waals surface area contributed by atoms with E-state index in [1.165, 1.54) is 35.0 Å². The fraction of sp³-hybridized carbons (Fsp3) is 0.706. The van der Waals surface area contributed by atoms with Crippen molar-refractivity contribution in [3.05, 3.63) is 17.5 Å². The second-order valence-electron chi connectivity index (χ2n) is 6.96. The van der Waals surface area contributed by atoms with Gasteiger partial charge in [-0.25, -0.2) is 8.42 Å². The fourth-order valence-corrected chi connectivity index (χ4v) is 6.57. The van der Waals surface area contributed by atoms with Crippen LogP contribution in [0.3, 0.4) is 0 Å². The van der Waals surface area contributed by atoms with Crippen molar-refractivity contribution in [2.45, 2.75) is 42.9 Å². The van der Waals surface area contributed by atoms with Gasteiger partial charge in [0.15, 0.2) is 0 Å². The third kappa shape index (κ3) is 4.24. The van der Waals surface area contributed by atoms with Gasteiger partial charge < -0.3 is 10.2 Å². The molecule has 2 saturated heterocycles. The predicted molar refractivity (Wildman–Crippen MR) is 98.2 cm³/mol. The minimum Gasteiger partial charge on any atom is -0.350 e. The summed E-state index contributed by atoms with van der Waals surface area (Å²) >= 11 is 1.24. The zero-order chi connectivity index (χ0) is 17.9. The topological polar surface area (TPSA) is 70.9 Å². The van der Waals surface area contributed by atoms with Crippen LogP contribution < -0.4 is 10.2 Å². The van der Waals surface area contributed by atoms with Gasteiger partial charge in [-0.2, -0.15) is 4.31 Å². The summed E-state index contributed by atoms with van der Waals surface area (Å²) in [7, 11) is -3.39. The Morgan fingerprint density at radius 2 is 2.12 bits per heavy atom. The third-order valence-electron chi connectivity index (χ3n) is 5.52. The van der Waals surface area contributed by atoms with Gasteiger partial charge in [0.1, 0.15) is 10.3 Å². The molecule has 8 heteroatoms. The number of nitrogens with zero attached hydrogens (tertiary/aromatic N) is 1. The molecule has 25 heavy (non-hydrogen) atoms. The van der Waals surface area contributed by atoms with Crippen molar-refractivity contribution in [2.75, 3.05) is 32.7 Å². The Hall–Kier alpha value is -0.960. The Morgan fingerprint density at radius 3 is 2.76 bits per heavy atom. The summed E-state index contributed by atoms with van der Waals surface area (Å²) in [5.41, 5.74) is 0. The standard InChI is InChI=1S/C17H27N3O3S2/c1-2-19-9-3-5-15(19)13-18-17(21)14-7-10-20(11-8-14)25(22,23)16-6-4-12-24-16/h4,6,12,14-15H,2-3,5,7-11,13H2,1H3,(H,18,21)/p+1/t15-/m1/s1. The predicted octanol–water partition coefficient (Wildman–Crippen LogP) is 0.332. The number of thiophene rings is 1. The zero-order valence-electron chi connectivity index (χ0n) is 14.7. The number of piperidine rings is 1. The lowest BCUT2D eigenvalue weighted by Gasteiger charge is -2.30. The monoisotopic (exact) mass is 386 g/mol. The maximum Gasteiger partial charge on any atom is 0.252 e. The molecular formula is C17H28N3O3S2+. The molecule has 0 saturated carbocycles. The van der Waals surface area contributed by atoms with Gasteiger partial charge in [0, 0.05) is 31.8 Å². The molecule has 2 aliphatic rings. The number of carbonyl (C=O) groups excluding carboxylic acids is 1. The highest BCUT2D eigenvalue weighted by Crippen LogP contribution is 2.26. The van der Waals surface area contributed by atoms with Gasteiger partial charge in [-0.3, -0.25) is 4.79 Å². The third-order valence-corrected chi connectivity index (χ3v) is 8.79. The van der Waals surface area contributed by atoms with Crippen LogP contribution >= 0.6 is 11.3 Å². The highest BCUT2D eigenvalue weighted by molar-refractivity contribution is 7.91. The van der Waals surface area contributed by atoms with E-state index in [0.717, 1.165) is 13.1 Å². The Labute approximate surface area is 154 Å². The van der Waals surface area contributed by atoms with Crippen LogP contribution in [0.1, 0.15) is 32.6 Å². The number of likely N-dealkylation sites (N-methyl/N-ethyl adjacent to an activating group) is 1. The fourth-order valence-electron chi connectivity index (χ4n) is 3.96. The van der Waals surface area contributed by atoms with Crippen molar-refractivity contribution < 1.29 is 18.1 Å². The lowest BCUT2D eigenvalue weighted by Crippen LogP contribution is -3.14. The van der Waals surface area contributed by atoms with Crippen LogP contribution in [0, 0.1) is 5.92 Å². The molecule has 0 spiro atoms. The van der Waals surface area contributed by atoms with Crippen LogP contribution in [0.25, 0.3) is 0 Å². The summed E-state index contributed by atoms with van der Waals surface area (Å²) in [5.74, 6) is 0.0248. The van der Waals surface area contributed by atoms with E-state index in [4.69, 9.17) is 0 Å². The molecule has 3 rings (SSSR count). The molecule has 2 fully saturated rings. The largest absolute Gasteiger partial charge is 0.350 e. The minimum absolute atomic E-state index is 0.0683. The average molecular weight is 387 g/mol. The SMILES string of the molecule is CC[NH+]1CCC[C@@H]1CNC(=O)C1CCN(S(=O)(=O)c2cccs2)CC1. The molecule has 2 N–H and O–H groups in total.